The van der Waals surface area contributed by atoms with Crippen LogP contribution in [0.5, 0.6) is 0 Å². The smallest absolute Gasteiger partial charge is 0.305 e. The number of allylic oxidation sites excluding steroid dienone is 2. The number of carbonyl (C=O) groups is 2. The lowest BCUT2D eigenvalue weighted by Gasteiger charge is -2.22. The molecule has 0 saturated carbocycles. The Labute approximate surface area is 393 Å². The predicted octanol–water partition coefficient (Wildman–Crippen LogP) is 17.3. The Morgan fingerprint density at radius 1 is 0.429 bits per heavy atom. The van der Waals surface area contributed by atoms with Gasteiger partial charge in [-0.1, -0.05) is 264 Å². The van der Waals surface area contributed by atoms with E-state index in [4.69, 9.17) is 4.74 Å². The van der Waals surface area contributed by atoms with E-state index in [1.165, 1.54) is 238 Å². The third kappa shape index (κ3) is 49.9. The Kier molecular flexibility index (Phi) is 52.0. The highest BCUT2D eigenvalue weighted by Crippen LogP contribution is 2.17. The molecule has 0 spiro atoms. The summed E-state index contributed by atoms with van der Waals surface area (Å²) in [6.07, 6.45) is 62.0. The molecule has 2 atom stereocenters. The number of hydrogen-bond acceptors (Lipinski definition) is 5. The van der Waals surface area contributed by atoms with E-state index in [1.807, 2.05) is 0 Å². The molecule has 0 fully saturated rings. The Balaban J connectivity index is 3.39. The van der Waals surface area contributed by atoms with Crippen LogP contribution in [0.15, 0.2) is 12.2 Å². The summed E-state index contributed by atoms with van der Waals surface area (Å²) in [6.45, 7) is 4.94. The summed E-state index contributed by atoms with van der Waals surface area (Å²) >= 11 is 0. The second-order valence-corrected chi connectivity index (χ2v) is 19.6. The molecule has 0 aliphatic heterocycles. The number of esters is 1. The first kappa shape index (κ1) is 61.6. The van der Waals surface area contributed by atoms with Crippen LogP contribution in [-0.2, 0) is 14.3 Å². The maximum atomic E-state index is 12.5. The molecule has 0 bridgehead atoms. The van der Waals surface area contributed by atoms with Crippen LogP contribution in [0.2, 0.25) is 0 Å². The van der Waals surface area contributed by atoms with Crippen molar-refractivity contribution >= 4 is 11.9 Å². The SMILES string of the molecule is CCCCCCC/C=C\CCCCCCCC(=O)OCCCCCCCCCCCCCCCCCCCCCC(=O)NC(CO)C(O)CCCCCCCCCCCCCCC. The van der Waals surface area contributed by atoms with E-state index >= 15 is 0 Å². The van der Waals surface area contributed by atoms with Gasteiger partial charge in [0, 0.05) is 12.8 Å². The van der Waals surface area contributed by atoms with E-state index in [1.54, 1.807) is 0 Å². The molecule has 3 N–H and O–H groups in total. The van der Waals surface area contributed by atoms with Crippen molar-refractivity contribution in [2.75, 3.05) is 13.2 Å². The number of aliphatic hydroxyl groups excluding tert-OH is 2. The number of carbonyl (C=O) groups excluding carboxylic acids is 2. The summed E-state index contributed by atoms with van der Waals surface area (Å²) in [7, 11) is 0. The van der Waals surface area contributed by atoms with Crippen LogP contribution in [0, 0.1) is 0 Å². The van der Waals surface area contributed by atoms with Crippen molar-refractivity contribution in [2.45, 2.75) is 328 Å². The summed E-state index contributed by atoms with van der Waals surface area (Å²) in [6, 6.07) is -0.542. The lowest BCUT2D eigenvalue weighted by Crippen LogP contribution is -2.45. The molecule has 374 valence electrons. The first-order chi connectivity index (χ1) is 31.0. The van der Waals surface area contributed by atoms with Gasteiger partial charge in [0.25, 0.3) is 0 Å². The molecule has 1 amide bonds. The molecule has 6 nitrogen and oxygen atoms in total. The van der Waals surface area contributed by atoms with Crippen LogP contribution in [0.1, 0.15) is 316 Å². The van der Waals surface area contributed by atoms with E-state index < -0.39 is 12.1 Å². The normalized spacial score (nSPS) is 12.6. The number of amides is 1. The first-order valence-corrected chi connectivity index (χ1v) is 28.4. The highest BCUT2D eigenvalue weighted by molar-refractivity contribution is 5.76. The summed E-state index contributed by atoms with van der Waals surface area (Å²) < 4.78 is 5.47. The fourth-order valence-corrected chi connectivity index (χ4v) is 8.93. The van der Waals surface area contributed by atoms with Gasteiger partial charge in [-0.15, -0.1) is 0 Å². The zero-order valence-electron chi connectivity index (χ0n) is 42.6. The molecule has 63 heavy (non-hydrogen) atoms. The maximum Gasteiger partial charge on any atom is 0.305 e. The Hall–Kier alpha value is -1.40. The minimum absolute atomic E-state index is 0.000909. The molecule has 0 aromatic heterocycles. The highest BCUT2D eigenvalue weighted by atomic mass is 16.5. The second-order valence-electron chi connectivity index (χ2n) is 19.6. The van der Waals surface area contributed by atoms with E-state index in [9.17, 15) is 19.8 Å². The molecule has 0 heterocycles. The van der Waals surface area contributed by atoms with Crippen LogP contribution < -0.4 is 5.32 Å². The molecule has 0 rings (SSSR count). The zero-order chi connectivity index (χ0) is 45.8. The molecule has 0 saturated heterocycles. The monoisotopic (exact) mass is 890 g/mol. The number of aliphatic hydroxyl groups is 2. The Bertz CT molecular complexity index is 939. The van der Waals surface area contributed by atoms with Gasteiger partial charge in [-0.3, -0.25) is 9.59 Å². The molecule has 0 aliphatic rings. The van der Waals surface area contributed by atoms with Crippen molar-refractivity contribution in [3.8, 4) is 0 Å². The van der Waals surface area contributed by atoms with Crippen molar-refractivity contribution in [1.29, 1.82) is 0 Å². The minimum atomic E-state index is -0.665. The summed E-state index contributed by atoms with van der Waals surface area (Å²) in [4.78, 5) is 24.5. The highest BCUT2D eigenvalue weighted by Gasteiger charge is 2.20. The van der Waals surface area contributed by atoms with Crippen LogP contribution in [-0.4, -0.2) is 47.4 Å². The average molecular weight is 891 g/mol. The van der Waals surface area contributed by atoms with E-state index in [-0.39, 0.29) is 18.5 Å². The van der Waals surface area contributed by atoms with Gasteiger partial charge in [0.15, 0.2) is 0 Å². The fourth-order valence-electron chi connectivity index (χ4n) is 8.93. The van der Waals surface area contributed by atoms with E-state index in [2.05, 4.69) is 31.3 Å². The zero-order valence-corrected chi connectivity index (χ0v) is 42.6. The predicted molar refractivity (Wildman–Crippen MR) is 273 cm³/mol. The Morgan fingerprint density at radius 2 is 0.746 bits per heavy atom. The standard InChI is InChI=1S/C57H111NO5/c1-3-5-7-9-11-13-15-17-27-31-35-39-43-47-51-57(62)63-52-48-44-40-36-32-28-24-22-20-18-19-21-23-26-30-34-38-42-46-50-56(61)58-54(53-59)55(60)49-45-41-37-33-29-25-16-14-12-10-8-6-4-2/h15,17,54-55,59-60H,3-14,16,18-53H2,1-2H3,(H,58,61)/b17-15-. The fraction of sp³-hybridized carbons (Fsp3) is 0.930. The van der Waals surface area contributed by atoms with E-state index in [0.717, 1.165) is 44.9 Å². The topological polar surface area (TPSA) is 95.9 Å². The second kappa shape index (κ2) is 53.2. The van der Waals surface area contributed by atoms with Gasteiger partial charge in [0.2, 0.25) is 5.91 Å². The number of hydrogen-bond donors (Lipinski definition) is 3. The number of nitrogens with one attached hydrogen (secondary N) is 1. The molecular formula is C57H111NO5. The van der Waals surface area contributed by atoms with Gasteiger partial charge in [-0.2, -0.15) is 0 Å². The number of unbranched alkanes of at least 4 members (excludes halogenated alkanes) is 40. The van der Waals surface area contributed by atoms with Crippen LogP contribution in [0.4, 0.5) is 0 Å². The van der Waals surface area contributed by atoms with Crippen molar-refractivity contribution in [1.82, 2.24) is 5.32 Å². The van der Waals surface area contributed by atoms with Crippen LogP contribution in [0.25, 0.3) is 0 Å². The van der Waals surface area contributed by atoms with Gasteiger partial charge in [-0.25, -0.2) is 0 Å². The third-order valence-corrected chi connectivity index (χ3v) is 13.3. The number of ether oxygens (including phenoxy) is 1. The first-order valence-electron chi connectivity index (χ1n) is 28.4. The lowest BCUT2D eigenvalue weighted by molar-refractivity contribution is -0.143. The van der Waals surface area contributed by atoms with Crippen molar-refractivity contribution in [3.05, 3.63) is 12.2 Å². The van der Waals surface area contributed by atoms with E-state index in [0.29, 0.717) is 25.9 Å². The molecular weight excluding hydrogens is 779 g/mol. The van der Waals surface area contributed by atoms with Gasteiger partial charge in [0.1, 0.15) is 0 Å². The molecule has 0 aliphatic carbocycles. The molecule has 0 radical (unpaired) electrons. The Morgan fingerprint density at radius 3 is 1.13 bits per heavy atom. The minimum Gasteiger partial charge on any atom is -0.466 e. The van der Waals surface area contributed by atoms with Gasteiger partial charge < -0.3 is 20.3 Å². The van der Waals surface area contributed by atoms with Gasteiger partial charge in [0.05, 0.1) is 25.4 Å². The largest absolute Gasteiger partial charge is 0.466 e. The van der Waals surface area contributed by atoms with Crippen LogP contribution >= 0.6 is 0 Å². The summed E-state index contributed by atoms with van der Waals surface area (Å²) in [5.41, 5.74) is 0. The molecule has 6 heteroatoms. The lowest BCUT2D eigenvalue weighted by atomic mass is 10.0. The van der Waals surface area contributed by atoms with Gasteiger partial charge >= 0.3 is 5.97 Å². The summed E-state index contributed by atoms with van der Waals surface area (Å²) in [5, 5.41) is 23.2. The molecule has 2 unspecified atom stereocenters. The molecule has 0 aromatic rings. The van der Waals surface area contributed by atoms with Crippen molar-refractivity contribution in [2.24, 2.45) is 0 Å². The third-order valence-electron chi connectivity index (χ3n) is 13.3. The van der Waals surface area contributed by atoms with Crippen LogP contribution in [0.3, 0.4) is 0 Å². The maximum absolute atomic E-state index is 12.5. The summed E-state index contributed by atoms with van der Waals surface area (Å²) in [5.74, 6) is -0.0360. The van der Waals surface area contributed by atoms with Crippen molar-refractivity contribution in [3.63, 3.8) is 0 Å². The van der Waals surface area contributed by atoms with Gasteiger partial charge in [-0.05, 0) is 51.4 Å². The average Bonchev–Trinajstić information content (AvgIpc) is 3.28. The molecule has 0 aromatic carbocycles. The van der Waals surface area contributed by atoms with Crippen molar-refractivity contribution < 1.29 is 24.5 Å². The number of rotatable bonds is 53. The quantitative estimate of drug-likeness (QED) is 0.0321.